The molecule has 0 heterocycles. The zero-order valence-corrected chi connectivity index (χ0v) is 19.5. The van der Waals surface area contributed by atoms with Gasteiger partial charge in [-0.1, -0.05) is 18.2 Å². The summed E-state index contributed by atoms with van der Waals surface area (Å²) in [6.07, 6.45) is -0.535. The predicted molar refractivity (Wildman–Crippen MR) is 129 cm³/mol. The summed E-state index contributed by atoms with van der Waals surface area (Å²) < 4.78 is 12.4. The minimum absolute atomic E-state index is 0.257. The highest BCUT2D eigenvalue weighted by Crippen LogP contribution is 2.30. The van der Waals surface area contributed by atoms with Gasteiger partial charge in [-0.25, -0.2) is 8.72 Å². The monoisotopic (exact) mass is 497 g/mol. The first kappa shape index (κ1) is 23.1. The Bertz CT molecular complexity index is 1100. The molecule has 3 rings (SSSR count). The molecule has 0 saturated heterocycles. The Kier molecular flexibility index (Phi) is 7.05. The van der Waals surface area contributed by atoms with E-state index in [1.165, 1.54) is 3.93 Å². The van der Waals surface area contributed by atoms with Crippen molar-refractivity contribution in [3.8, 4) is 11.5 Å². The second-order valence-electron chi connectivity index (χ2n) is 7.93. The highest BCUT2D eigenvalue weighted by molar-refractivity contribution is 9.10. The zero-order valence-electron chi connectivity index (χ0n) is 18.0. The average Bonchev–Trinajstić information content (AvgIpc) is 2.74. The fourth-order valence-corrected chi connectivity index (χ4v) is 3.16. The number of carbonyl (C=O) groups excluding carboxylic acids is 2. The van der Waals surface area contributed by atoms with E-state index in [9.17, 15) is 9.59 Å². The summed E-state index contributed by atoms with van der Waals surface area (Å²) in [4.78, 5) is 24.6. The molecule has 3 aromatic rings. The molecule has 0 aliphatic heterocycles. The summed E-state index contributed by atoms with van der Waals surface area (Å²) in [6, 6.07) is 20.8. The topological polar surface area (TPSA) is 93.9 Å². The fourth-order valence-electron chi connectivity index (χ4n) is 2.72. The fraction of sp³-hybridized carbons (Fsp3) is 0.167. The molecule has 8 heteroatoms. The van der Waals surface area contributed by atoms with E-state index < -0.39 is 11.7 Å². The van der Waals surface area contributed by atoms with Crippen LogP contribution in [0.15, 0.2) is 72.8 Å². The molecular formula is C24H24BrN3O4. The predicted octanol–water partition coefficient (Wildman–Crippen LogP) is 6.36. The van der Waals surface area contributed by atoms with Gasteiger partial charge < -0.3 is 15.2 Å². The molecular weight excluding hydrogens is 474 g/mol. The van der Waals surface area contributed by atoms with Crippen molar-refractivity contribution < 1.29 is 19.1 Å². The van der Waals surface area contributed by atoms with Crippen LogP contribution in [-0.2, 0) is 4.74 Å². The van der Waals surface area contributed by atoms with Crippen LogP contribution in [0.3, 0.4) is 0 Å². The Morgan fingerprint density at radius 1 is 0.969 bits per heavy atom. The molecule has 0 unspecified atom stereocenters. The molecule has 0 saturated carbocycles. The number of amides is 2. The number of ether oxygens (including phenoxy) is 2. The van der Waals surface area contributed by atoms with Crippen LogP contribution in [0.25, 0.3) is 0 Å². The Hall–Kier alpha value is -3.52. The van der Waals surface area contributed by atoms with Crippen molar-refractivity contribution in [2.45, 2.75) is 26.4 Å². The standard InChI is InChI=1S/C24H24BrN3O4/c1-24(2,3)32-23(30)27-17-10-12-19(13-11-17)31-21-14-9-16(15-20(21)26)22(29)28(25)18-7-5-4-6-8-18/h4-15H,26H2,1-3H3,(H,27,30). The summed E-state index contributed by atoms with van der Waals surface area (Å²) in [5, 5.41) is 2.66. The number of anilines is 3. The van der Waals surface area contributed by atoms with Crippen molar-refractivity contribution in [3.05, 3.63) is 78.4 Å². The van der Waals surface area contributed by atoms with Crippen LogP contribution in [0.4, 0.5) is 21.9 Å². The van der Waals surface area contributed by atoms with Crippen LogP contribution in [-0.4, -0.2) is 17.6 Å². The van der Waals surface area contributed by atoms with Gasteiger partial charge in [-0.2, -0.15) is 0 Å². The summed E-state index contributed by atoms with van der Waals surface area (Å²) in [6.45, 7) is 5.39. The van der Waals surface area contributed by atoms with Crippen LogP contribution in [0.2, 0.25) is 0 Å². The Morgan fingerprint density at radius 2 is 1.62 bits per heavy atom. The molecule has 3 aromatic carbocycles. The van der Waals surface area contributed by atoms with E-state index in [4.69, 9.17) is 15.2 Å². The maximum atomic E-state index is 12.7. The summed E-state index contributed by atoms with van der Waals surface area (Å²) >= 11 is 3.30. The lowest BCUT2D eigenvalue weighted by Gasteiger charge is -2.19. The maximum Gasteiger partial charge on any atom is 0.412 e. The largest absolute Gasteiger partial charge is 0.455 e. The molecule has 0 bridgehead atoms. The second kappa shape index (κ2) is 9.74. The van der Waals surface area contributed by atoms with Crippen LogP contribution < -0.4 is 19.7 Å². The van der Waals surface area contributed by atoms with Gasteiger partial charge in [0.25, 0.3) is 5.91 Å². The van der Waals surface area contributed by atoms with E-state index in [1.54, 1.807) is 63.2 Å². The molecule has 2 amide bonds. The number of para-hydroxylation sites is 1. The van der Waals surface area contributed by atoms with Gasteiger partial charge >= 0.3 is 6.09 Å². The molecule has 7 nitrogen and oxygen atoms in total. The Morgan fingerprint density at radius 3 is 2.22 bits per heavy atom. The summed E-state index contributed by atoms with van der Waals surface area (Å²) in [7, 11) is 0. The lowest BCUT2D eigenvalue weighted by Crippen LogP contribution is -2.27. The third-order valence-corrected chi connectivity index (χ3v) is 4.88. The number of rotatable bonds is 5. The van der Waals surface area contributed by atoms with Gasteiger partial charge in [-0.15, -0.1) is 0 Å². The molecule has 0 radical (unpaired) electrons. The Balaban J connectivity index is 1.66. The zero-order chi connectivity index (χ0) is 23.3. The number of nitrogen functional groups attached to an aromatic ring is 1. The van der Waals surface area contributed by atoms with Gasteiger partial charge in [-0.05, 0) is 75.4 Å². The quantitative estimate of drug-likeness (QED) is 0.315. The van der Waals surface area contributed by atoms with Crippen LogP contribution in [0.1, 0.15) is 31.1 Å². The van der Waals surface area contributed by atoms with Crippen molar-refractivity contribution in [2.75, 3.05) is 15.0 Å². The number of benzene rings is 3. The van der Waals surface area contributed by atoms with Crippen LogP contribution >= 0.6 is 16.1 Å². The normalized spacial score (nSPS) is 10.9. The van der Waals surface area contributed by atoms with Crippen molar-refractivity contribution in [2.24, 2.45) is 0 Å². The number of nitrogens with one attached hydrogen (secondary N) is 1. The first-order valence-corrected chi connectivity index (χ1v) is 10.6. The van der Waals surface area contributed by atoms with Crippen molar-refractivity contribution in [1.29, 1.82) is 0 Å². The molecule has 32 heavy (non-hydrogen) atoms. The minimum atomic E-state index is -0.578. The van der Waals surface area contributed by atoms with Gasteiger partial charge in [0.15, 0.2) is 0 Å². The van der Waals surface area contributed by atoms with Crippen molar-refractivity contribution in [3.63, 3.8) is 0 Å². The van der Waals surface area contributed by atoms with Crippen molar-refractivity contribution in [1.82, 2.24) is 0 Å². The van der Waals surface area contributed by atoms with Crippen LogP contribution in [0, 0.1) is 0 Å². The molecule has 0 aliphatic rings. The summed E-state index contributed by atoms with van der Waals surface area (Å²) in [5.41, 5.74) is 7.54. The number of hydrogen-bond donors (Lipinski definition) is 2. The minimum Gasteiger partial charge on any atom is -0.455 e. The van der Waals surface area contributed by atoms with Gasteiger partial charge in [0.1, 0.15) is 17.1 Å². The first-order valence-electron chi connectivity index (χ1n) is 9.85. The third kappa shape index (κ3) is 6.24. The van der Waals surface area contributed by atoms with E-state index in [1.807, 2.05) is 30.3 Å². The summed E-state index contributed by atoms with van der Waals surface area (Å²) in [5.74, 6) is 0.680. The van der Waals surface area contributed by atoms with Crippen LogP contribution in [0.5, 0.6) is 11.5 Å². The van der Waals surface area contributed by atoms with Gasteiger partial charge in [0.2, 0.25) is 0 Å². The van der Waals surface area contributed by atoms with E-state index in [0.29, 0.717) is 34.1 Å². The molecule has 0 aromatic heterocycles. The van der Waals surface area contributed by atoms with E-state index in [-0.39, 0.29) is 5.91 Å². The number of halogens is 1. The number of hydrogen-bond acceptors (Lipinski definition) is 5. The van der Waals surface area contributed by atoms with E-state index in [2.05, 4.69) is 21.5 Å². The average molecular weight is 498 g/mol. The number of nitrogens with two attached hydrogens (primary N) is 1. The molecule has 166 valence electrons. The lowest BCUT2D eigenvalue weighted by atomic mass is 10.1. The van der Waals surface area contributed by atoms with Gasteiger partial charge in [0.05, 0.1) is 27.5 Å². The molecule has 0 atom stereocenters. The Labute approximate surface area is 195 Å². The third-order valence-electron chi connectivity index (χ3n) is 4.15. The number of carbonyl (C=O) groups is 2. The van der Waals surface area contributed by atoms with Crippen molar-refractivity contribution >= 4 is 45.2 Å². The molecule has 0 spiro atoms. The second-order valence-corrected chi connectivity index (χ2v) is 8.64. The lowest BCUT2D eigenvalue weighted by molar-refractivity contribution is 0.0635. The molecule has 0 fully saturated rings. The highest BCUT2D eigenvalue weighted by Gasteiger charge is 2.18. The number of nitrogens with zero attached hydrogens (tertiary/aromatic N) is 1. The smallest absolute Gasteiger partial charge is 0.412 e. The van der Waals surface area contributed by atoms with E-state index in [0.717, 1.165) is 0 Å². The molecule has 0 aliphatic carbocycles. The SMILES string of the molecule is CC(C)(C)OC(=O)Nc1ccc(Oc2ccc(C(=O)N(Br)c3ccccc3)cc2N)cc1. The molecule has 3 N–H and O–H groups in total. The highest BCUT2D eigenvalue weighted by atomic mass is 79.9. The van der Waals surface area contributed by atoms with Gasteiger partial charge in [-0.3, -0.25) is 10.1 Å². The first-order chi connectivity index (χ1) is 15.1. The van der Waals surface area contributed by atoms with Gasteiger partial charge in [0, 0.05) is 11.3 Å². The van der Waals surface area contributed by atoms with E-state index >= 15 is 0 Å². The maximum absolute atomic E-state index is 12.7.